The number of hydrogen-bond acceptors (Lipinski definition) is 4. The third-order valence-corrected chi connectivity index (χ3v) is 5.83. The van der Waals surface area contributed by atoms with Crippen molar-refractivity contribution in [1.29, 1.82) is 0 Å². The fraction of sp³-hybridized carbons (Fsp3) is 0.240. The smallest absolute Gasteiger partial charge is 0.319 e. The van der Waals surface area contributed by atoms with Crippen LogP contribution >= 0.6 is 0 Å². The summed E-state index contributed by atoms with van der Waals surface area (Å²) in [5.74, 6) is 0.208. The van der Waals surface area contributed by atoms with Crippen molar-refractivity contribution >= 4 is 23.3 Å². The average Bonchev–Trinajstić information content (AvgIpc) is 2.77. The Balaban J connectivity index is 1.59. The van der Waals surface area contributed by atoms with Gasteiger partial charge in [-0.15, -0.1) is 0 Å². The van der Waals surface area contributed by atoms with Crippen LogP contribution in [0.15, 0.2) is 59.5 Å². The number of aromatic nitrogens is 1. The lowest BCUT2D eigenvalue weighted by atomic mass is 9.96. The molecule has 1 aliphatic heterocycles. The Labute approximate surface area is 191 Å². The van der Waals surface area contributed by atoms with Gasteiger partial charge in [0, 0.05) is 43.0 Å². The summed E-state index contributed by atoms with van der Waals surface area (Å²) in [5.41, 5.74) is 4.69. The molecule has 33 heavy (non-hydrogen) atoms. The molecule has 3 N–H and O–H groups in total. The van der Waals surface area contributed by atoms with Crippen molar-refractivity contribution in [1.82, 2.24) is 9.88 Å². The van der Waals surface area contributed by atoms with Crippen LogP contribution in [0, 0.1) is 6.92 Å². The van der Waals surface area contributed by atoms with E-state index in [-0.39, 0.29) is 17.2 Å². The van der Waals surface area contributed by atoms with Crippen LogP contribution in [0.5, 0.6) is 0 Å². The van der Waals surface area contributed by atoms with Crippen LogP contribution in [-0.4, -0.2) is 36.8 Å². The first kappa shape index (κ1) is 22.3. The monoisotopic (exact) mass is 446 g/mol. The van der Waals surface area contributed by atoms with Crippen LogP contribution in [0.4, 0.5) is 16.2 Å². The lowest BCUT2D eigenvalue weighted by Gasteiger charge is -2.26. The summed E-state index contributed by atoms with van der Waals surface area (Å²) >= 11 is 0. The Morgan fingerprint density at radius 1 is 1.03 bits per heavy atom. The van der Waals surface area contributed by atoms with Gasteiger partial charge >= 0.3 is 6.03 Å². The molecule has 0 bridgehead atoms. The van der Waals surface area contributed by atoms with Gasteiger partial charge in [-0.1, -0.05) is 24.3 Å². The highest BCUT2D eigenvalue weighted by molar-refractivity contribution is 6.05. The summed E-state index contributed by atoms with van der Waals surface area (Å²) in [5, 5.41) is 7.98. The molecule has 1 saturated heterocycles. The zero-order valence-corrected chi connectivity index (χ0v) is 18.8. The van der Waals surface area contributed by atoms with Crippen molar-refractivity contribution < 1.29 is 14.3 Å². The highest BCUT2D eigenvalue weighted by atomic mass is 16.5. The number of amides is 3. The van der Waals surface area contributed by atoms with Gasteiger partial charge in [0.25, 0.3) is 11.5 Å². The van der Waals surface area contributed by atoms with Gasteiger partial charge in [0.1, 0.15) is 5.69 Å². The number of aryl methyl sites for hydroxylation is 1. The maximum atomic E-state index is 12.9. The lowest BCUT2D eigenvalue weighted by molar-refractivity contribution is 0.00842. The van der Waals surface area contributed by atoms with Crippen molar-refractivity contribution in [2.24, 2.45) is 7.05 Å². The Kier molecular flexibility index (Phi) is 6.28. The number of rotatable bonds is 5. The van der Waals surface area contributed by atoms with Gasteiger partial charge in [0.2, 0.25) is 0 Å². The molecule has 4 rings (SSSR count). The van der Waals surface area contributed by atoms with E-state index in [0.29, 0.717) is 17.2 Å². The van der Waals surface area contributed by atoms with E-state index in [0.717, 1.165) is 29.9 Å². The predicted octanol–water partition coefficient (Wildman–Crippen LogP) is 3.48. The number of benzene rings is 2. The molecule has 8 heteroatoms. The van der Waals surface area contributed by atoms with Crippen LogP contribution in [0.25, 0.3) is 11.1 Å². The molecule has 0 atom stereocenters. The Morgan fingerprint density at radius 2 is 1.76 bits per heavy atom. The number of nitrogens with one attached hydrogen (secondary N) is 3. The number of anilines is 2. The van der Waals surface area contributed by atoms with Crippen LogP contribution in [-0.2, 0) is 11.8 Å². The second-order valence-corrected chi connectivity index (χ2v) is 8.05. The Bertz CT molecular complexity index is 1260. The summed E-state index contributed by atoms with van der Waals surface area (Å²) in [6, 6.07) is 14.3. The molecule has 1 aliphatic rings. The molecule has 0 unspecified atom stereocenters. The zero-order valence-electron chi connectivity index (χ0n) is 18.8. The number of urea groups is 1. The number of carbonyl (C=O) groups excluding carboxylic acids is 2. The molecule has 0 saturated carbocycles. The summed E-state index contributed by atoms with van der Waals surface area (Å²) in [4.78, 5) is 37.0. The number of carbonyl (C=O) groups is 2. The van der Waals surface area contributed by atoms with E-state index in [1.165, 1.54) is 17.2 Å². The minimum atomic E-state index is -0.474. The van der Waals surface area contributed by atoms with Crippen molar-refractivity contribution in [2.45, 2.75) is 12.8 Å². The standard InChI is InChI=1S/C25H26N4O4/c1-15-20(18-11-22(28-25(32)26-2)24(31)29(3)12-18)5-4-6-21(15)27-23(30)17-9-7-16(8-10-17)19-13-33-14-19/h4-12,19H,13-14H2,1-3H3,(H,27,30)(H2,26,28,32). The van der Waals surface area contributed by atoms with Crippen LogP contribution < -0.4 is 21.5 Å². The second-order valence-electron chi connectivity index (χ2n) is 8.05. The summed E-state index contributed by atoms with van der Waals surface area (Å²) < 4.78 is 6.65. The van der Waals surface area contributed by atoms with Crippen molar-refractivity contribution in [3.8, 4) is 11.1 Å². The molecule has 0 aliphatic carbocycles. The Morgan fingerprint density at radius 3 is 2.39 bits per heavy atom. The normalized spacial score (nSPS) is 13.2. The first-order valence-electron chi connectivity index (χ1n) is 10.7. The van der Waals surface area contributed by atoms with Gasteiger partial charge in [-0.3, -0.25) is 9.59 Å². The third kappa shape index (κ3) is 4.65. The maximum Gasteiger partial charge on any atom is 0.319 e. The molecule has 8 nitrogen and oxygen atoms in total. The first-order valence-corrected chi connectivity index (χ1v) is 10.7. The summed E-state index contributed by atoms with van der Waals surface area (Å²) in [6.07, 6.45) is 1.70. The van der Waals surface area contributed by atoms with E-state index < -0.39 is 6.03 Å². The SMILES string of the molecule is CNC(=O)Nc1cc(-c2cccc(NC(=O)c3ccc(C4COC4)cc3)c2C)cn(C)c1=O. The highest BCUT2D eigenvalue weighted by Gasteiger charge is 2.20. The molecule has 0 radical (unpaired) electrons. The minimum Gasteiger partial charge on any atom is -0.380 e. The van der Waals surface area contributed by atoms with Gasteiger partial charge in [-0.2, -0.15) is 0 Å². The topological polar surface area (TPSA) is 101 Å². The number of nitrogens with zero attached hydrogens (tertiary/aromatic N) is 1. The van der Waals surface area contributed by atoms with Crippen LogP contribution in [0.2, 0.25) is 0 Å². The maximum absolute atomic E-state index is 12.9. The second kappa shape index (κ2) is 9.30. The largest absolute Gasteiger partial charge is 0.380 e. The molecular formula is C25H26N4O4. The summed E-state index contributed by atoms with van der Waals surface area (Å²) in [7, 11) is 3.11. The number of hydrogen-bond donors (Lipinski definition) is 3. The van der Waals surface area contributed by atoms with Gasteiger partial charge in [0.05, 0.1) is 13.2 Å². The minimum absolute atomic E-state index is 0.167. The lowest BCUT2D eigenvalue weighted by Crippen LogP contribution is -2.29. The van der Waals surface area contributed by atoms with Crippen molar-refractivity contribution in [3.05, 3.63) is 81.8 Å². The van der Waals surface area contributed by atoms with Crippen molar-refractivity contribution in [2.75, 3.05) is 30.9 Å². The van der Waals surface area contributed by atoms with Gasteiger partial charge in [0.15, 0.2) is 0 Å². The molecule has 0 spiro atoms. The molecule has 1 fully saturated rings. The highest BCUT2D eigenvalue weighted by Crippen LogP contribution is 2.30. The number of pyridine rings is 1. The molecule has 3 amide bonds. The quantitative estimate of drug-likeness (QED) is 0.559. The first-order chi connectivity index (χ1) is 15.9. The number of ether oxygens (including phenoxy) is 1. The van der Waals surface area contributed by atoms with E-state index in [1.54, 1.807) is 19.3 Å². The van der Waals surface area contributed by atoms with E-state index >= 15 is 0 Å². The van der Waals surface area contributed by atoms with Crippen molar-refractivity contribution in [3.63, 3.8) is 0 Å². The molecule has 2 aromatic carbocycles. The fourth-order valence-electron chi connectivity index (χ4n) is 3.75. The Hall–Kier alpha value is -3.91. The van der Waals surface area contributed by atoms with Gasteiger partial charge in [-0.25, -0.2) is 4.79 Å². The predicted molar refractivity (Wildman–Crippen MR) is 128 cm³/mol. The molecule has 170 valence electrons. The third-order valence-electron chi connectivity index (χ3n) is 5.83. The average molecular weight is 447 g/mol. The van der Waals surface area contributed by atoms with Crippen LogP contribution in [0.3, 0.4) is 0 Å². The molecule has 3 aromatic rings. The zero-order chi connectivity index (χ0) is 23.5. The molecule has 1 aromatic heterocycles. The van der Waals surface area contributed by atoms with Gasteiger partial charge < -0.3 is 25.3 Å². The fourth-order valence-corrected chi connectivity index (χ4v) is 3.75. The van der Waals surface area contributed by atoms with E-state index in [2.05, 4.69) is 16.0 Å². The van der Waals surface area contributed by atoms with Gasteiger partial charge in [-0.05, 0) is 47.9 Å². The van der Waals surface area contributed by atoms with E-state index in [4.69, 9.17) is 4.74 Å². The van der Waals surface area contributed by atoms with Crippen LogP contribution in [0.1, 0.15) is 27.4 Å². The van der Waals surface area contributed by atoms with E-state index in [1.807, 2.05) is 49.4 Å². The van der Waals surface area contributed by atoms with E-state index in [9.17, 15) is 14.4 Å². The molecule has 2 heterocycles. The summed E-state index contributed by atoms with van der Waals surface area (Å²) in [6.45, 7) is 3.35. The molecular weight excluding hydrogens is 420 g/mol.